The van der Waals surface area contributed by atoms with Gasteiger partial charge in [0.25, 0.3) is 0 Å². The van der Waals surface area contributed by atoms with Crippen molar-refractivity contribution in [3.63, 3.8) is 0 Å². The lowest BCUT2D eigenvalue weighted by Crippen LogP contribution is -2.07. The van der Waals surface area contributed by atoms with Crippen LogP contribution < -0.4 is 14.8 Å². The Balaban J connectivity index is 1.74. The summed E-state index contributed by atoms with van der Waals surface area (Å²) in [7, 11) is 1.69. The molecule has 0 saturated heterocycles. The van der Waals surface area contributed by atoms with Gasteiger partial charge in [-0.1, -0.05) is 24.3 Å². The van der Waals surface area contributed by atoms with E-state index in [9.17, 15) is 0 Å². The average molecular weight is 349 g/mol. The Hall–Kier alpha value is -2.95. The lowest BCUT2D eigenvalue weighted by Gasteiger charge is -2.12. The van der Waals surface area contributed by atoms with E-state index in [2.05, 4.69) is 17.4 Å². The van der Waals surface area contributed by atoms with E-state index in [1.807, 2.05) is 48.0 Å². The molecule has 0 radical (unpaired) electrons. The minimum atomic E-state index is 0.630. The summed E-state index contributed by atoms with van der Waals surface area (Å²) in [4.78, 5) is 0. The SMILES string of the molecule is CCOc1ccccc1-n1nc(Cc2cccc(OC)c2)c2c1NCC2. The van der Waals surface area contributed by atoms with Gasteiger partial charge < -0.3 is 14.8 Å². The molecule has 0 aliphatic carbocycles. The number of hydrogen-bond acceptors (Lipinski definition) is 4. The number of nitrogens with one attached hydrogen (secondary N) is 1. The quantitative estimate of drug-likeness (QED) is 0.735. The number of nitrogens with zero attached hydrogens (tertiary/aromatic N) is 2. The highest BCUT2D eigenvalue weighted by molar-refractivity contribution is 5.60. The van der Waals surface area contributed by atoms with Crippen molar-refractivity contribution in [2.75, 3.05) is 25.6 Å². The van der Waals surface area contributed by atoms with Gasteiger partial charge in [0.1, 0.15) is 23.0 Å². The maximum absolute atomic E-state index is 5.80. The Bertz CT molecular complexity index is 917. The fourth-order valence-electron chi connectivity index (χ4n) is 3.45. The molecular weight excluding hydrogens is 326 g/mol. The maximum atomic E-state index is 5.80. The van der Waals surface area contributed by atoms with Crippen molar-refractivity contribution < 1.29 is 9.47 Å². The first-order chi connectivity index (χ1) is 12.8. The minimum absolute atomic E-state index is 0.630. The molecule has 1 N–H and O–H groups in total. The summed E-state index contributed by atoms with van der Waals surface area (Å²) in [5.41, 5.74) is 4.56. The number of aromatic nitrogens is 2. The summed E-state index contributed by atoms with van der Waals surface area (Å²) < 4.78 is 13.1. The number of fused-ring (bicyclic) bond motifs is 1. The first-order valence-corrected chi connectivity index (χ1v) is 9.00. The van der Waals surface area contributed by atoms with E-state index in [0.29, 0.717) is 6.61 Å². The number of para-hydroxylation sites is 2. The van der Waals surface area contributed by atoms with Crippen molar-refractivity contribution in [2.45, 2.75) is 19.8 Å². The molecule has 0 amide bonds. The van der Waals surface area contributed by atoms with Crippen LogP contribution in [-0.2, 0) is 12.8 Å². The van der Waals surface area contributed by atoms with E-state index in [-0.39, 0.29) is 0 Å². The zero-order chi connectivity index (χ0) is 17.9. The molecule has 0 atom stereocenters. The molecule has 5 nitrogen and oxygen atoms in total. The molecule has 0 bridgehead atoms. The van der Waals surface area contributed by atoms with Gasteiger partial charge in [0.15, 0.2) is 0 Å². The van der Waals surface area contributed by atoms with Gasteiger partial charge in [-0.2, -0.15) is 5.10 Å². The smallest absolute Gasteiger partial charge is 0.145 e. The summed E-state index contributed by atoms with van der Waals surface area (Å²) >= 11 is 0. The zero-order valence-corrected chi connectivity index (χ0v) is 15.2. The molecule has 2 heterocycles. The third kappa shape index (κ3) is 3.01. The number of hydrogen-bond donors (Lipinski definition) is 1. The Morgan fingerprint density at radius 3 is 2.88 bits per heavy atom. The molecule has 1 aromatic heterocycles. The van der Waals surface area contributed by atoms with E-state index in [1.165, 1.54) is 11.1 Å². The summed E-state index contributed by atoms with van der Waals surface area (Å²) in [6.07, 6.45) is 1.77. The van der Waals surface area contributed by atoms with Gasteiger partial charge in [-0.3, -0.25) is 0 Å². The van der Waals surface area contributed by atoms with Crippen molar-refractivity contribution in [3.8, 4) is 17.2 Å². The van der Waals surface area contributed by atoms with Gasteiger partial charge in [0.05, 0.1) is 19.4 Å². The fourth-order valence-corrected chi connectivity index (χ4v) is 3.45. The molecule has 134 valence electrons. The van der Waals surface area contributed by atoms with Crippen LogP contribution in [0.4, 0.5) is 5.82 Å². The molecule has 4 rings (SSSR count). The van der Waals surface area contributed by atoms with E-state index in [0.717, 1.165) is 48.1 Å². The molecule has 0 spiro atoms. The number of benzene rings is 2. The highest BCUT2D eigenvalue weighted by atomic mass is 16.5. The van der Waals surface area contributed by atoms with Gasteiger partial charge in [-0.05, 0) is 43.2 Å². The zero-order valence-electron chi connectivity index (χ0n) is 15.2. The molecule has 26 heavy (non-hydrogen) atoms. The summed E-state index contributed by atoms with van der Waals surface area (Å²) in [5, 5.41) is 8.41. The largest absolute Gasteiger partial charge is 0.497 e. The molecule has 3 aromatic rings. The lowest BCUT2D eigenvalue weighted by molar-refractivity contribution is 0.338. The topological polar surface area (TPSA) is 48.3 Å². The van der Waals surface area contributed by atoms with Crippen molar-refractivity contribution in [2.24, 2.45) is 0 Å². The van der Waals surface area contributed by atoms with Crippen LogP contribution in [0.2, 0.25) is 0 Å². The summed E-state index contributed by atoms with van der Waals surface area (Å²) in [6.45, 7) is 3.57. The molecule has 0 unspecified atom stereocenters. The third-order valence-corrected chi connectivity index (χ3v) is 4.63. The fraction of sp³-hybridized carbons (Fsp3) is 0.286. The standard InChI is InChI=1S/C21H23N3O2/c1-3-26-20-10-5-4-9-19(20)24-21-17(11-12-22-21)18(23-24)14-15-7-6-8-16(13-15)25-2/h4-10,13,22H,3,11-12,14H2,1-2H3. The highest BCUT2D eigenvalue weighted by Gasteiger charge is 2.24. The lowest BCUT2D eigenvalue weighted by atomic mass is 10.1. The van der Waals surface area contributed by atoms with Crippen LogP contribution in [0.3, 0.4) is 0 Å². The van der Waals surface area contributed by atoms with Crippen molar-refractivity contribution >= 4 is 5.82 Å². The van der Waals surface area contributed by atoms with Gasteiger partial charge in [-0.25, -0.2) is 4.68 Å². The Morgan fingerprint density at radius 2 is 2.04 bits per heavy atom. The van der Waals surface area contributed by atoms with Crippen LogP contribution in [0.5, 0.6) is 11.5 Å². The van der Waals surface area contributed by atoms with Gasteiger partial charge in [0.2, 0.25) is 0 Å². The molecule has 1 aliphatic heterocycles. The van der Waals surface area contributed by atoms with Crippen LogP contribution in [0.25, 0.3) is 5.69 Å². The third-order valence-electron chi connectivity index (χ3n) is 4.63. The normalized spacial score (nSPS) is 12.5. The monoisotopic (exact) mass is 349 g/mol. The Kier molecular flexibility index (Phi) is 4.52. The first kappa shape index (κ1) is 16.5. The predicted octanol–water partition coefficient (Wildman–Crippen LogP) is 3.84. The van der Waals surface area contributed by atoms with E-state index in [4.69, 9.17) is 14.6 Å². The predicted molar refractivity (Wildman–Crippen MR) is 103 cm³/mol. The Morgan fingerprint density at radius 1 is 1.15 bits per heavy atom. The van der Waals surface area contributed by atoms with E-state index >= 15 is 0 Å². The number of ether oxygens (including phenoxy) is 2. The summed E-state index contributed by atoms with van der Waals surface area (Å²) in [6, 6.07) is 16.2. The minimum Gasteiger partial charge on any atom is -0.497 e. The molecule has 1 aliphatic rings. The van der Waals surface area contributed by atoms with Crippen molar-refractivity contribution in [3.05, 3.63) is 65.4 Å². The molecule has 0 fully saturated rings. The highest BCUT2D eigenvalue weighted by Crippen LogP contribution is 2.33. The van der Waals surface area contributed by atoms with Crippen LogP contribution in [0.15, 0.2) is 48.5 Å². The van der Waals surface area contributed by atoms with Crippen LogP contribution in [-0.4, -0.2) is 30.0 Å². The van der Waals surface area contributed by atoms with Crippen LogP contribution in [0.1, 0.15) is 23.7 Å². The Labute approximate surface area is 153 Å². The van der Waals surface area contributed by atoms with Crippen LogP contribution >= 0.6 is 0 Å². The second-order valence-corrected chi connectivity index (χ2v) is 6.29. The molecule has 0 saturated carbocycles. The van der Waals surface area contributed by atoms with Gasteiger partial charge >= 0.3 is 0 Å². The average Bonchev–Trinajstić information content (AvgIpc) is 3.27. The second-order valence-electron chi connectivity index (χ2n) is 6.29. The first-order valence-electron chi connectivity index (χ1n) is 9.00. The number of anilines is 1. The summed E-state index contributed by atoms with van der Waals surface area (Å²) in [5.74, 6) is 2.80. The molecule has 5 heteroatoms. The van der Waals surface area contributed by atoms with E-state index < -0.39 is 0 Å². The molecular formula is C21H23N3O2. The van der Waals surface area contributed by atoms with Gasteiger partial charge in [-0.15, -0.1) is 0 Å². The molecule has 2 aromatic carbocycles. The van der Waals surface area contributed by atoms with E-state index in [1.54, 1.807) is 7.11 Å². The number of methoxy groups -OCH3 is 1. The van der Waals surface area contributed by atoms with Crippen molar-refractivity contribution in [1.29, 1.82) is 0 Å². The van der Waals surface area contributed by atoms with Crippen LogP contribution in [0, 0.1) is 0 Å². The second kappa shape index (κ2) is 7.12. The maximum Gasteiger partial charge on any atom is 0.145 e. The van der Waals surface area contributed by atoms with Crippen molar-refractivity contribution in [1.82, 2.24) is 9.78 Å². The van der Waals surface area contributed by atoms with Gasteiger partial charge in [0, 0.05) is 18.5 Å². The number of rotatable bonds is 6.